The van der Waals surface area contributed by atoms with Crippen LogP contribution in [0.3, 0.4) is 0 Å². The van der Waals surface area contributed by atoms with Crippen LogP contribution in [0.15, 0.2) is 0 Å². The van der Waals surface area contributed by atoms with E-state index in [2.05, 4.69) is 14.9 Å². The second-order valence-electron chi connectivity index (χ2n) is 6.89. The number of nitrogens with zero attached hydrogens (tertiary/aromatic N) is 4. The van der Waals surface area contributed by atoms with Crippen LogP contribution in [0.5, 0.6) is 0 Å². The smallest absolute Gasteiger partial charge is 0.407 e. The van der Waals surface area contributed by atoms with Crippen LogP contribution in [0.25, 0.3) is 0 Å². The summed E-state index contributed by atoms with van der Waals surface area (Å²) in [7, 11) is 0. The fraction of sp³-hybridized carbons (Fsp3) is 0.688. The molecule has 0 aromatic carbocycles. The molecule has 0 saturated carbocycles. The van der Waals surface area contributed by atoms with E-state index in [-0.39, 0.29) is 6.04 Å². The van der Waals surface area contributed by atoms with Gasteiger partial charge in [0.2, 0.25) is 5.95 Å². The Hall–Kier alpha value is -2.05. The molecule has 0 spiro atoms. The highest BCUT2D eigenvalue weighted by Gasteiger charge is 2.42. The molecule has 1 aliphatic carbocycles. The van der Waals surface area contributed by atoms with E-state index in [0.29, 0.717) is 18.4 Å². The van der Waals surface area contributed by atoms with Crippen molar-refractivity contribution >= 4 is 17.9 Å². The Bertz CT molecular complexity index is 635. The minimum absolute atomic E-state index is 0.0803. The molecule has 2 aliphatic heterocycles. The van der Waals surface area contributed by atoms with Crippen LogP contribution >= 0.6 is 0 Å². The number of anilines is 2. The van der Waals surface area contributed by atoms with Crippen LogP contribution in [-0.2, 0) is 12.8 Å². The molecule has 1 aromatic rings. The molecule has 2 fully saturated rings. The second-order valence-corrected chi connectivity index (χ2v) is 6.89. The van der Waals surface area contributed by atoms with E-state index in [1.165, 1.54) is 5.56 Å². The van der Waals surface area contributed by atoms with Crippen molar-refractivity contribution in [1.82, 2.24) is 14.9 Å². The number of piperidine rings is 1. The summed E-state index contributed by atoms with van der Waals surface area (Å²) in [5.41, 5.74) is 8.23. The van der Waals surface area contributed by atoms with Gasteiger partial charge in [-0.25, -0.2) is 9.78 Å². The second kappa shape index (κ2) is 5.54. The average Bonchev–Trinajstić information content (AvgIpc) is 2.97. The molecule has 2 atom stereocenters. The molecule has 7 nitrogen and oxygen atoms in total. The highest BCUT2D eigenvalue weighted by Crippen LogP contribution is 2.36. The van der Waals surface area contributed by atoms with E-state index in [4.69, 9.17) is 5.73 Å². The quantitative estimate of drug-likeness (QED) is 0.815. The third-order valence-electron chi connectivity index (χ3n) is 5.50. The summed E-state index contributed by atoms with van der Waals surface area (Å²) in [5.74, 6) is 1.69. The highest BCUT2D eigenvalue weighted by molar-refractivity contribution is 5.66. The number of aromatic nitrogens is 2. The molecule has 0 radical (unpaired) electrons. The van der Waals surface area contributed by atoms with Crippen LogP contribution in [0.1, 0.15) is 36.9 Å². The first-order valence-electron chi connectivity index (χ1n) is 8.53. The third kappa shape index (κ3) is 2.48. The van der Waals surface area contributed by atoms with E-state index in [9.17, 15) is 9.90 Å². The summed E-state index contributed by atoms with van der Waals surface area (Å²) in [6.07, 6.45) is 5.52. The number of likely N-dealkylation sites (tertiary alicyclic amines) is 1. The summed E-state index contributed by atoms with van der Waals surface area (Å²) in [6, 6.07) is 0.0803. The van der Waals surface area contributed by atoms with E-state index >= 15 is 0 Å². The number of rotatable bonds is 1. The van der Waals surface area contributed by atoms with Gasteiger partial charge in [0.1, 0.15) is 5.82 Å². The Labute approximate surface area is 135 Å². The number of hydrogen-bond donors (Lipinski definition) is 2. The predicted molar refractivity (Wildman–Crippen MR) is 86.5 cm³/mol. The number of carboxylic acid groups (broad SMARTS) is 1. The van der Waals surface area contributed by atoms with Crippen LogP contribution in [0.4, 0.5) is 16.6 Å². The number of hydrogen-bond acceptors (Lipinski definition) is 5. The van der Waals surface area contributed by atoms with Gasteiger partial charge in [-0.15, -0.1) is 0 Å². The molecule has 124 valence electrons. The molecule has 0 bridgehead atoms. The summed E-state index contributed by atoms with van der Waals surface area (Å²) in [5, 5.41) is 9.44. The SMILES string of the molecule is Nc1nc2c(c(N3CC4CCCN(C(=O)O)C4C3)n1)CCCC2. The van der Waals surface area contributed by atoms with E-state index in [1.54, 1.807) is 4.90 Å². The molecular formula is C16H23N5O2. The van der Waals surface area contributed by atoms with E-state index in [1.807, 2.05) is 0 Å². The van der Waals surface area contributed by atoms with Crippen LogP contribution in [-0.4, -0.2) is 51.7 Å². The standard InChI is InChI=1S/C16H23N5O2/c17-15-18-12-6-2-1-5-11(12)14(19-15)20-8-10-4-3-7-21(16(22)23)13(10)9-20/h10,13H,1-9H2,(H,22,23)(H2,17,18,19). The molecule has 3 heterocycles. The van der Waals surface area contributed by atoms with Gasteiger partial charge in [-0.1, -0.05) is 0 Å². The highest BCUT2D eigenvalue weighted by atomic mass is 16.4. The molecule has 2 saturated heterocycles. The number of nitrogens with two attached hydrogens (primary N) is 1. The van der Waals surface area contributed by atoms with Gasteiger partial charge in [0.25, 0.3) is 0 Å². The van der Waals surface area contributed by atoms with Crippen LogP contribution in [0, 0.1) is 5.92 Å². The summed E-state index contributed by atoms with van der Waals surface area (Å²) in [6.45, 7) is 2.24. The fourth-order valence-electron chi connectivity index (χ4n) is 4.45. The van der Waals surface area contributed by atoms with Gasteiger partial charge in [-0.3, -0.25) is 0 Å². The zero-order chi connectivity index (χ0) is 16.0. The lowest BCUT2D eigenvalue weighted by Crippen LogP contribution is -2.47. The monoisotopic (exact) mass is 317 g/mol. The summed E-state index contributed by atoms with van der Waals surface area (Å²) >= 11 is 0. The molecule has 3 aliphatic rings. The zero-order valence-corrected chi connectivity index (χ0v) is 13.2. The third-order valence-corrected chi connectivity index (χ3v) is 5.50. The Morgan fingerprint density at radius 1 is 1.17 bits per heavy atom. The molecule has 23 heavy (non-hydrogen) atoms. The van der Waals surface area contributed by atoms with E-state index < -0.39 is 6.09 Å². The minimum atomic E-state index is -0.800. The van der Waals surface area contributed by atoms with Gasteiger partial charge in [0.15, 0.2) is 0 Å². The van der Waals surface area contributed by atoms with Gasteiger partial charge < -0.3 is 20.6 Å². The lowest BCUT2D eigenvalue weighted by Gasteiger charge is -2.34. The minimum Gasteiger partial charge on any atom is -0.465 e. The topological polar surface area (TPSA) is 95.6 Å². The van der Waals surface area contributed by atoms with E-state index in [0.717, 1.165) is 63.1 Å². The number of nitrogen functional groups attached to an aromatic ring is 1. The first kappa shape index (κ1) is 14.5. The number of carbonyl (C=O) groups is 1. The van der Waals surface area contributed by atoms with Crippen molar-refractivity contribution in [3.63, 3.8) is 0 Å². The molecule has 7 heteroatoms. The maximum atomic E-state index is 11.5. The zero-order valence-electron chi connectivity index (χ0n) is 13.2. The summed E-state index contributed by atoms with van der Waals surface area (Å²) in [4.78, 5) is 24.3. The van der Waals surface area contributed by atoms with Crippen molar-refractivity contribution in [1.29, 1.82) is 0 Å². The van der Waals surface area contributed by atoms with Gasteiger partial charge in [0.05, 0.1) is 11.7 Å². The predicted octanol–water partition coefficient (Wildman–Crippen LogP) is 1.52. The molecule has 2 unspecified atom stereocenters. The number of fused-ring (bicyclic) bond motifs is 2. The van der Waals surface area contributed by atoms with Gasteiger partial charge >= 0.3 is 6.09 Å². The van der Waals surface area contributed by atoms with Gasteiger partial charge in [0, 0.05) is 25.2 Å². The Balaban J connectivity index is 1.65. The summed E-state index contributed by atoms with van der Waals surface area (Å²) < 4.78 is 0. The van der Waals surface area contributed by atoms with Crippen molar-refractivity contribution < 1.29 is 9.90 Å². The Kier molecular flexibility index (Phi) is 3.50. The average molecular weight is 317 g/mol. The Morgan fingerprint density at radius 3 is 2.83 bits per heavy atom. The van der Waals surface area contributed by atoms with Crippen molar-refractivity contribution in [2.45, 2.75) is 44.6 Å². The molecule has 4 rings (SSSR count). The van der Waals surface area contributed by atoms with Crippen LogP contribution < -0.4 is 10.6 Å². The first-order valence-corrected chi connectivity index (χ1v) is 8.53. The fourth-order valence-corrected chi connectivity index (χ4v) is 4.45. The maximum Gasteiger partial charge on any atom is 0.407 e. The molecule has 3 N–H and O–H groups in total. The van der Waals surface area contributed by atoms with Crippen molar-refractivity contribution in [2.24, 2.45) is 5.92 Å². The largest absolute Gasteiger partial charge is 0.465 e. The van der Waals surface area contributed by atoms with Crippen molar-refractivity contribution in [3.05, 3.63) is 11.3 Å². The molecule has 1 amide bonds. The normalized spacial score (nSPS) is 26.8. The molecule has 1 aromatic heterocycles. The van der Waals surface area contributed by atoms with Crippen LogP contribution in [0.2, 0.25) is 0 Å². The van der Waals surface area contributed by atoms with Gasteiger partial charge in [-0.2, -0.15) is 4.98 Å². The number of aryl methyl sites for hydroxylation is 1. The lowest BCUT2D eigenvalue weighted by molar-refractivity contribution is 0.0965. The van der Waals surface area contributed by atoms with Crippen molar-refractivity contribution in [2.75, 3.05) is 30.3 Å². The maximum absolute atomic E-state index is 11.5. The van der Waals surface area contributed by atoms with Gasteiger partial charge in [-0.05, 0) is 44.4 Å². The van der Waals surface area contributed by atoms with Crippen molar-refractivity contribution in [3.8, 4) is 0 Å². The molecular weight excluding hydrogens is 294 g/mol. The lowest BCUT2D eigenvalue weighted by atomic mass is 9.92. The Morgan fingerprint density at radius 2 is 2.00 bits per heavy atom. The number of amides is 1. The first-order chi connectivity index (χ1) is 11.1.